The summed E-state index contributed by atoms with van der Waals surface area (Å²) in [5.41, 5.74) is 4.06. The average Bonchev–Trinajstić information content (AvgIpc) is 3.17. The lowest BCUT2D eigenvalue weighted by Gasteiger charge is -2.15. The van der Waals surface area contributed by atoms with Crippen LogP contribution >= 0.6 is 0 Å². The van der Waals surface area contributed by atoms with E-state index in [1.165, 1.54) is 23.1 Å². The number of primary amides is 1. The number of hydrogen-bond donors (Lipinski definition) is 2. The van der Waals surface area contributed by atoms with Gasteiger partial charge in [-0.1, -0.05) is 6.07 Å². The van der Waals surface area contributed by atoms with Crippen molar-refractivity contribution in [3.05, 3.63) is 65.6 Å². The zero-order valence-corrected chi connectivity index (χ0v) is 14.9. The molecule has 2 amide bonds. The molecule has 0 aliphatic heterocycles. The number of amides is 2. The van der Waals surface area contributed by atoms with Gasteiger partial charge in [0.2, 0.25) is 0 Å². The van der Waals surface area contributed by atoms with E-state index >= 15 is 0 Å². The molecule has 1 atom stereocenters. The maximum Gasteiger partial charge on any atom is 0.416 e. The van der Waals surface area contributed by atoms with E-state index in [0.717, 1.165) is 24.5 Å². The quantitative estimate of drug-likeness (QED) is 0.664. The highest BCUT2D eigenvalue weighted by molar-refractivity contribution is 5.94. The number of halogens is 3. The maximum atomic E-state index is 12.8. The summed E-state index contributed by atoms with van der Waals surface area (Å²) in [6, 6.07) is 4.61. The van der Waals surface area contributed by atoms with Crippen molar-refractivity contribution in [1.29, 1.82) is 0 Å². The Balaban J connectivity index is 1.83. The number of nitrogens with two attached hydrogens (primary N) is 1. The third kappa shape index (κ3) is 4.36. The van der Waals surface area contributed by atoms with Crippen LogP contribution in [0, 0.1) is 0 Å². The molecule has 0 fully saturated rings. The summed E-state index contributed by atoms with van der Waals surface area (Å²) in [6.07, 6.45) is -2.24. The summed E-state index contributed by atoms with van der Waals surface area (Å²) >= 11 is 0. The normalized spacial score (nSPS) is 12.4. The summed E-state index contributed by atoms with van der Waals surface area (Å²) in [5, 5.41) is 6.56. The van der Waals surface area contributed by atoms with E-state index in [-0.39, 0.29) is 22.9 Å². The van der Waals surface area contributed by atoms with E-state index in [9.17, 15) is 22.8 Å². The molecule has 0 spiro atoms. The first-order valence-corrected chi connectivity index (χ1v) is 8.17. The SMILES string of the molecule is C[C@H](NC(=O)c1cccc(C(F)(F)F)c1)c1ncnn1-c1cc(C(N)=O)ncn1. The molecule has 3 rings (SSSR count). The first-order valence-electron chi connectivity index (χ1n) is 8.17. The lowest BCUT2D eigenvalue weighted by molar-refractivity contribution is -0.137. The van der Waals surface area contributed by atoms with Crippen LogP contribution in [0.25, 0.3) is 5.82 Å². The Kier molecular flexibility index (Phi) is 5.26. The second kappa shape index (κ2) is 7.66. The maximum absolute atomic E-state index is 12.8. The number of rotatable bonds is 5. The van der Waals surface area contributed by atoms with Crippen LogP contribution in [0.1, 0.15) is 45.2 Å². The largest absolute Gasteiger partial charge is 0.416 e. The molecular formula is C17H14F3N7O2. The molecule has 0 aliphatic carbocycles. The van der Waals surface area contributed by atoms with Gasteiger partial charge in [-0.15, -0.1) is 0 Å². The summed E-state index contributed by atoms with van der Waals surface area (Å²) in [6.45, 7) is 1.57. The Morgan fingerprint density at radius 2 is 1.90 bits per heavy atom. The van der Waals surface area contributed by atoms with Crippen molar-refractivity contribution in [2.45, 2.75) is 19.1 Å². The number of aromatic nitrogens is 5. The Bertz CT molecular complexity index is 1060. The Labute approximate surface area is 161 Å². The molecule has 3 N–H and O–H groups in total. The van der Waals surface area contributed by atoms with E-state index in [4.69, 9.17) is 5.73 Å². The van der Waals surface area contributed by atoms with Crippen LogP contribution in [-0.4, -0.2) is 36.5 Å². The highest BCUT2D eigenvalue weighted by atomic mass is 19.4. The van der Waals surface area contributed by atoms with Crippen molar-refractivity contribution in [2.75, 3.05) is 0 Å². The predicted molar refractivity (Wildman–Crippen MR) is 92.8 cm³/mol. The highest BCUT2D eigenvalue weighted by Crippen LogP contribution is 2.29. The standard InChI is InChI=1S/C17H14F3N7O2/c1-9(26-16(29)10-3-2-4-11(5-10)17(18,19)20)15-24-8-25-27(15)13-6-12(14(21)28)22-7-23-13/h2-9H,1H3,(H2,21,28)(H,26,29)/t9-/m0/s1. The number of nitrogens with one attached hydrogen (secondary N) is 1. The van der Waals surface area contributed by atoms with Gasteiger partial charge in [0, 0.05) is 11.6 Å². The fourth-order valence-corrected chi connectivity index (χ4v) is 2.50. The van der Waals surface area contributed by atoms with Crippen molar-refractivity contribution in [2.24, 2.45) is 5.73 Å². The van der Waals surface area contributed by atoms with E-state index in [2.05, 4.69) is 25.4 Å². The highest BCUT2D eigenvalue weighted by Gasteiger charge is 2.31. The number of carbonyl (C=O) groups is 2. The molecule has 12 heteroatoms. The molecule has 0 aliphatic rings. The Morgan fingerprint density at radius 3 is 2.59 bits per heavy atom. The van der Waals surface area contributed by atoms with Gasteiger partial charge in [-0.25, -0.2) is 15.0 Å². The second-order valence-electron chi connectivity index (χ2n) is 5.93. The minimum atomic E-state index is -4.56. The van der Waals surface area contributed by atoms with Crippen molar-refractivity contribution < 1.29 is 22.8 Å². The summed E-state index contributed by atoms with van der Waals surface area (Å²) < 4.78 is 39.8. The molecule has 0 saturated carbocycles. The molecule has 2 heterocycles. The number of benzene rings is 1. The monoisotopic (exact) mass is 405 g/mol. The lowest BCUT2D eigenvalue weighted by Crippen LogP contribution is -2.29. The van der Waals surface area contributed by atoms with Crippen LogP contribution in [0.15, 0.2) is 43.0 Å². The molecule has 1 aromatic carbocycles. The summed E-state index contributed by atoms with van der Waals surface area (Å²) in [5.74, 6) is -1.07. The number of carbonyl (C=O) groups excluding carboxylic acids is 2. The van der Waals surface area contributed by atoms with Crippen LogP contribution in [0.3, 0.4) is 0 Å². The molecule has 9 nitrogen and oxygen atoms in total. The third-order valence-corrected chi connectivity index (χ3v) is 3.88. The zero-order valence-electron chi connectivity index (χ0n) is 14.9. The minimum Gasteiger partial charge on any atom is -0.364 e. The third-order valence-electron chi connectivity index (χ3n) is 3.88. The van der Waals surface area contributed by atoms with E-state index in [0.29, 0.717) is 0 Å². The molecule has 0 bridgehead atoms. The van der Waals surface area contributed by atoms with Crippen LogP contribution in [-0.2, 0) is 6.18 Å². The van der Waals surface area contributed by atoms with E-state index < -0.39 is 29.6 Å². The topological polar surface area (TPSA) is 129 Å². The molecule has 0 saturated heterocycles. The van der Waals surface area contributed by atoms with Crippen LogP contribution in [0.5, 0.6) is 0 Å². The number of alkyl halides is 3. The molecule has 0 unspecified atom stereocenters. The van der Waals surface area contributed by atoms with Gasteiger partial charge >= 0.3 is 6.18 Å². The van der Waals surface area contributed by atoms with Gasteiger partial charge in [0.15, 0.2) is 11.6 Å². The molecule has 2 aromatic heterocycles. The van der Waals surface area contributed by atoms with Crippen molar-refractivity contribution in [3.63, 3.8) is 0 Å². The van der Waals surface area contributed by atoms with Gasteiger partial charge in [0.1, 0.15) is 18.3 Å². The molecule has 0 radical (unpaired) electrons. The van der Waals surface area contributed by atoms with Crippen LogP contribution < -0.4 is 11.1 Å². The van der Waals surface area contributed by atoms with Gasteiger partial charge < -0.3 is 11.1 Å². The summed E-state index contributed by atoms with van der Waals surface area (Å²) in [4.78, 5) is 35.5. The van der Waals surface area contributed by atoms with Crippen molar-refractivity contribution >= 4 is 11.8 Å². The second-order valence-corrected chi connectivity index (χ2v) is 5.93. The number of hydrogen-bond acceptors (Lipinski definition) is 6. The van der Waals surface area contributed by atoms with Crippen molar-refractivity contribution in [3.8, 4) is 5.82 Å². The van der Waals surface area contributed by atoms with Crippen LogP contribution in [0.2, 0.25) is 0 Å². The van der Waals surface area contributed by atoms with Gasteiger partial charge in [0.25, 0.3) is 11.8 Å². The summed E-state index contributed by atoms with van der Waals surface area (Å²) in [7, 11) is 0. The zero-order chi connectivity index (χ0) is 21.2. The van der Waals surface area contributed by atoms with Crippen molar-refractivity contribution in [1.82, 2.24) is 30.0 Å². The van der Waals surface area contributed by atoms with Crippen LogP contribution in [0.4, 0.5) is 13.2 Å². The van der Waals surface area contributed by atoms with Gasteiger partial charge in [-0.2, -0.15) is 23.0 Å². The van der Waals surface area contributed by atoms with Gasteiger partial charge in [-0.3, -0.25) is 9.59 Å². The molecule has 150 valence electrons. The Hall–Kier alpha value is -3.83. The lowest BCUT2D eigenvalue weighted by atomic mass is 10.1. The Morgan fingerprint density at radius 1 is 1.14 bits per heavy atom. The smallest absolute Gasteiger partial charge is 0.364 e. The fraction of sp³-hybridized carbons (Fsp3) is 0.176. The molecular weight excluding hydrogens is 391 g/mol. The first-order chi connectivity index (χ1) is 13.7. The minimum absolute atomic E-state index is 0.0443. The van der Waals surface area contributed by atoms with Gasteiger partial charge in [0.05, 0.1) is 11.6 Å². The first kappa shape index (κ1) is 19.9. The average molecular weight is 405 g/mol. The van der Waals surface area contributed by atoms with Gasteiger partial charge in [-0.05, 0) is 25.1 Å². The number of nitrogens with zero attached hydrogens (tertiary/aromatic N) is 5. The fourth-order valence-electron chi connectivity index (χ4n) is 2.50. The van der Waals surface area contributed by atoms with E-state index in [1.54, 1.807) is 6.92 Å². The molecule has 3 aromatic rings. The van der Waals surface area contributed by atoms with E-state index in [1.807, 2.05) is 0 Å². The predicted octanol–water partition coefficient (Wildman–Crippen LogP) is 1.67. The molecule has 29 heavy (non-hydrogen) atoms.